The second-order valence-corrected chi connectivity index (χ2v) is 8.83. The van der Waals surface area contributed by atoms with Gasteiger partial charge in [-0.05, 0) is 30.3 Å². The quantitative estimate of drug-likeness (QED) is 0.578. The number of aromatic nitrogens is 2. The van der Waals surface area contributed by atoms with Crippen molar-refractivity contribution in [3.8, 4) is 0 Å². The van der Waals surface area contributed by atoms with Crippen molar-refractivity contribution < 1.29 is 22.0 Å². The summed E-state index contributed by atoms with van der Waals surface area (Å²) < 4.78 is 53.4. The minimum atomic E-state index is -4.12. The fourth-order valence-corrected chi connectivity index (χ4v) is 4.75. The molecule has 0 atom stereocenters. The number of carbonyl (C=O) groups is 1. The number of piperazine rings is 1. The minimum absolute atomic E-state index is 0.00844. The Morgan fingerprint density at radius 2 is 1.71 bits per heavy atom. The van der Waals surface area contributed by atoms with Gasteiger partial charge in [0.05, 0.1) is 22.9 Å². The predicted molar refractivity (Wildman–Crippen MR) is 110 cm³/mol. The number of hydrogen-bond donors (Lipinski definition) is 0. The fourth-order valence-electron chi connectivity index (χ4n) is 3.29. The summed E-state index contributed by atoms with van der Waals surface area (Å²) in [7, 11) is -4.12. The average molecular weight is 444 g/mol. The van der Waals surface area contributed by atoms with Gasteiger partial charge in [-0.2, -0.15) is 4.31 Å². The third kappa shape index (κ3) is 4.44. The summed E-state index contributed by atoms with van der Waals surface area (Å²) in [6.45, 7) is 0.312. The van der Waals surface area contributed by atoms with Crippen LogP contribution in [0.5, 0.6) is 0 Å². The first-order valence-corrected chi connectivity index (χ1v) is 10.9. The lowest BCUT2D eigenvalue weighted by Crippen LogP contribution is -2.50. The molecule has 2 heterocycles. The van der Waals surface area contributed by atoms with Crippen LogP contribution >= 0.6 is 0 Å². The van der Waals surface area contributed by atoms with E-state index in [1.165, 1.54) is 11.0 Å². The molecule has 3 aromatic rings. The van der Waals surface area contributed by atoms with E-state index in [-0.39, 0.29) is 32.1 Å². The molecule has 0 aliphatic carbocycles. The first-order valence-electron chi connectivity index (χ1n) is 9.48. The second kappa shape index (κ2) is 8.48. The molecule has 2 aromatic carbocycles. The number of carbonyl (C=O) groups excluding carboxylic acids is 1. The largest absolute Gasteiger partial charge is 0.337 e. The zero-order valence-electron chi connectivity index (χ0n) is 16.3. The Morgan fingerprint density at radius 1 is 1.00 bits per heavy atom. The lowest BCUT2D eigenvalue weighted by molar-refractivity contribution is -0.127. The van der Waals surface area contributed by atoms with Gasteiger partial charge in [-0.15, -0.1) is 0 Å². The number of benzene rings is 2. The summed E-state index contributed by atoms with van der Waals surface area (Å²) in [5.41, 5.74) is 1.99. The topological polar surface area (TPSA) is 83.5 Å². The summed E-state index contributed by atoms with van der Waals surface area (Å²) in [6, 6.07) is 9.72. The number of rotatable bonds is 4. The molecule has 1 aromatic heterocycles. The number of amides is 1. The summed E-state index contributed by atoms with van der Waals surface area (Å²) in [6.07, 6.45) is 4.48. The van der Waals surface area contributed by atoms with Gasteiger partial charge in [-0.3, -0.25) is 9.78 Å². The highest BCUT2D eigenvalue weighted by Crippen LogP contribution is 2.21. The van der Waals surface area contributed by atoms with Gasteiger partial charge in [-0.25, -0.2) is 22.2 Å². The van der Waals surface area contributed by atoms with E-state index in [1.54, 1.807) is 12.3 Å². The molecule has 0 spiro atoms. The first kappa shape index (κ1) is 21.0. The predicted octanol–water partition coefficient (Wildman–Crippen LogP) is 2.45. The fraction of sp³-hybridized carbons (Fsp3) is 0.190. The van der Waals surface area contributed by atoms with Crippen molar-refractivity contribution in [1.82, 2.24) is 19.2 Å². The molecule has 0 radical (unpaired) electrons. The van der Waals surface area contributed by atoms with Crippen LogP contribution in [0.25, 0.3) is 17.1 Å². The van der Waals surface area contributed by atoms with E-state index in [0.29, 0.717) is 17.3 Å². The van der Waals surface area contributed by atoms with Crippen LogP contribution in [0.15, 0.2) is 59.6 Å². The van der Waals surface area contributed by atoms with Crippen molar-refractivity contribution in [2.24, 2.45) is 0 Å². The van der Waals surface area contributed by atoms with Crippen LogP contribution in [0.2, 0.25) is 0 Å². The molecule has 1 fully saturated rings. The van der Waals surface area contributed by atoms with Gasteiger partial charge in [0.2, 0.25) is 15.9 Å². The van der Waals surface area contributed by atoms with Crippen molar-refractivity contribution in [3.63, 3.8) is 0 Å². The van der Waals surface area contributed by atoms with Gasteiger partial charge in [0, 0.05) is 38.3 Å². The Bertz CT molecular complexity index is 1270. The second-order valence-electron chi connectivity index (χ2n) is 6.92. The Balaban J connectivity index is 1.40. The van der Waals surface area contributed by atoms with Crippen molar-refractivity contribution >= 4 is 33.0 Å². The maximum Gasteiger partial charge on any atom is 0.246 e. The Hall–Kier alpha value is -3.24. The Kier molecular flexibility index (Phi) is 5.75. The van der Waals surface area contributed by atoms with Gasteiger partial charge >= 0.3 is 0 Å². The molecule has 10 heteroatoms. The van der Waals surface area contributed by atoms with E-state index in [2.05, 4.69) is 9.97 Å². The van der Waals surface area contributed by atoms with Crippen LogP contribution in [0.3, 0.4) is 0 Å². The zero-order chi connectivity index (χ0) is 22.0. The Labute approximate surface area is 177 Å². The number of nitrogens with zero attached hydrogens (tertiary/aromatic N) is 4. The van der Waals surface area contributed by atoms with E-state index in [9.17, 15) is 22.0 Å². The maximum absolute atomic E-state index is 13.9. The summed E-state index contributed by atoms with van der Waals surface area (Å²) >= 11 is 0. The van der Waals surface area contributed by atoms with Crippen LogP contribution in [0.1, 0.15) is 5.69 Å². The standard InChI is InChI=1S/C21H18F2N4O3S/c22-15-5-7-20(17(23)13-15)31(29,30)27-11-9-26(10-12-27)21(28)8-6-16-14-24-18-3-1-2-4-19(18)25-16/h1-8,13-14H,9-12H2/b8-6+. The number of hydrogen-bond acceptors (Lipinski definition) is 5. The molecule has 4 rings (SSSR count). The van der Waals surface area contributed by atoms with E-state index in [1.807, 2.05) is 24.3 Å². The van der Waals surface area contributed by atoms with Crippen LogP contribution in [0.4, 0.5) is 8.78 Å². The molecule has 7 nitrogen and oxygen atoms in total. The molecular weight excluding hydrogens is 426 g/mol. The molecule has 1 saturated heterocycles. The highest BCUT2D eigenvalue weighted by atomic mass is 32.2. The molecule has 0 saturated carbocycles. The SMILES string of the molecule is O=C(/C=C/c1cnc2ccccc2n1)N1CCN(S(=O)(=O)c2ccc(F)cc2F)CC1. The van der Waals surface area contributed by atoms with E-state index >= 15 is 0 Å². The molecule has 1 aliphatic rings. The van der Waals surface area contributed by atoms with E-state index in [0.717, 1.165) is 22.0 Å². The maximum atomic E-state index is 13.9. The van der Waals surface area contributed by atoms with Crippen LogP contribution < -0.4 is 0 Å². The molecule has 0 bridgehead atoms. The Morgan fingerprint density at radius 3 is 2.42 bits per heavy atom. The van der Waals surface area contributed by atoms with Crippen LogP contribution in [-0.4, -0.2) is 59.7 Å². The molecule has 1 amide bonds. The van der Waals surface area contributed by atoms with Gasteiger partial charge in [0.15, 0.2) is 0 Å². The molecule has 1 aliphatic heterocycles. The monoisotopic (exact) mass is 444 g/mol. The van der Waals surface area contributed by atoms with Gasteiger partial charge in [0.1, 0.15) is 16.5 Å². The van der Waals surface area contributed by atoms with Crippen molar-refractivity contribution in [2.45, 2.75) is 4.90 Å². The lowest BCUT2D eigenvalue weighted by Gasteiger charge is -2.33. The highest BCUT2D eigenvalue weighted by molar-refractivity contribution is 7.89. The number of halogens is 2. The van der Waals surface area contributed by atoms with Crippen LogP contribution in [0, 0.1) is 11.6 Å². The molecule has 0 N–H and O–H groups in total. The van der Waals surface area contributed by atoms with Gasteiger partial charge in [-0.1, -0.05) is 12.1 Å². The third-order valence-electron chi connectivity index (χ3n) is 4.93. The minimum Gasteiger partial charge on any atom is -0.337 e. The summed E-state index contributed by atoms with van der Waals surface area (Å²) in [5.74, 6) is -2.28. The average Bonchev–Trinajstić information content (AvgIpc) is 2.77. The number of fused-ring (bicyclic) bond motifs is 1. The molecular formula is C21H18F2N4O3S. The smallest absolute Gasteiger partial charge is 0.246 e. The lowest BCUT2D eigenvalue weighted by atomic mass is 10.3. The first-order chi connectivity index (χ1) is 14.8. The van der Waals surface area contributed by atoms with Crippen LogP contribution in [-0.2, 0) is 14.8 Å². The molecule has 31 heavy (non-hydrogen) atoms. The van der Waals surface area contributed by atoms with Gasteiger partial charge < -0.3 is 4.90 Å². The summed E-state index contributed by atoms with van der Waals surface area (Å²) in [5, 5.41) is 0. The number of para-hydroxylation sites is 2. The molecule has 0 unspecified atom stereocenters. The molecule has 160 valence electrons. The zero-order valence-corrected chi connectivity index (χ0v) is 17.1. The van der Waals surface area contributed by atoms with Crippen molar-refractivity contribution in [3.05, 3.63) is 72.1 Å². The van der Waals surface area contributed by atoms with Crippen molar-refractivity contribution in [1.29, 1.82) is 0 Å². The summed E-state index contributed by atoms with van der Waals surface area (Å²) in [4.78, 5) is 22.1. The van der Waals surface area contributed by atoms with E-state index in [4.69, 9.17) is 0 Å². The third-order valence-corrected chi connectivity index (χ3v) is 6.86. The normalized spacial score (nSPS) is 15.6. The van der Waals surface area contributed by atoms with Gasteiger partial charge in [0.25, 0.3) is 0 Å². The highest BCUT2D eigenvalue weighted by Gasteiger charge is 2.31. The number of sulfonamides is 1. The van der Waals surface area contributed by atoms with E-state index < -0.39 is 26.6 Å². The van der Waals surface area contributed by atoms with Crippen molar-refractivity contribution in [2.75, 3.05) is 26.2 Å².